The normalized spacial score (nSPS) is 25.1. The Labute approximate surface area is 210 Å². The molecule has 2 aliphatic heterocycles. The van der Waals surface area contributed by atoms with Crippen molar-refractivity contribution in [1.29, 1.82) is 0 Å². The van der Waals surface area contributed by atoms with Gasteiger partial charge < -0.3 is 9.64 Å². The smallest absolute Gasteiger partial charge is 0.451 e. The highest BCUT2D eigenvalue weighted by Crippen LogP contribution is 2.57. The average Bonchev–Trinajstić information content (AvgIpc) is 3.10. The summed E-state index contributed by atoms with van der Waals surface area (Å²) in [4.78, 5) is 27.4. The van der Waals surface area contributed by atoms with Gasteiger partial charge in [0, 0.05) is 4.75 Å². The van der Waals surface area contributed by atoms with Gasteiger partial charge in [0.1, 0.15) is 11.4 Å². The number of carbonyl (C=O) groups is 2. The van der Waals surface area contributed by atoms with Crippen LogP contribution in [0, 0.1) is 12.3 Å². The molecule has 2 aromatic rings. The third kappa shape index (κ3) is 4.15. The summed E-state index contributed by atoms with van der Waals surface area (Å²) >= 11 is 0.864. The van der Waals surface area contributed by atoms with Crippen molar-refractivity contribution in [2.24, 2.45) is 0 Å². The Morgan fingerprint density at radius 1 is 1.08 bits per heavy atom. The fourth-order valence-electron chi connectivity index (χ4n) is 4.23. The van der Waals surface area contributed by atoms with Gasteiger partial charge in [-0.05, 0) is 25.0 Å². The number of alkyl halides is 3. The van der Waals surface area contributed by atoms with Gasteiger partial charge in [0.15, 0.2) is 6.10 Å². The maximum Gasteiger partial charge on any atom is 0.523 e. The van der Waals surface area contributed by atoms with Gasteiger partial charge in [0.2, 0.25) is 0 Å². The van der Waals surface area contributed by atoms with Gasteiger partial charge in [-0.15, -0.1) is 18.2 Å². The van der Waals surface area contributed by atoms with Crippen molar-refractivity contribution in [1.82, 2.24) is 4.90 Å². The van der Waals surface area contributed by atoms with E-state index in [2.05, 4.69) is 4.18 Å². The van der Waals surface area contributed by atoms with E-state index in [-0.39, 0.29) is 0 Å². The van der Waals surface area contributed by atoms with Crippen molar-refractivity contribution in [3.8, 4) is 12.3 Å². The minimum Gasteiger partial charge on any atom is -0.451 e. The molecule has 0 aliphatic carbocycles. The number of amides is 1. The van der Waals surface area contributed by atoms with E-state index < -0.39 is 55.4 Å². The van der Waals surface area contributed by atoms with Crippen LogP contribution >= 0.6 is 11.8 Å². The number of esters is 1. The molecular formula is C24H20F3NO6S2. The third-order valence-electron chi connectivity index (χ3n) is 5.91. The van der Waals surface area contributed by atoms with Crippen LogP contribution in [0.25, 0.3) is 0 Å². The van der Waals surface area contributed by atoms with Crippen molar-refractivity contribution < 1.29 is 40.1 Å². The second-order valence-corrected chi connectivity index (χ2v) is 12.0. The largest absolute Gasteiger partial charge is 0.523 e. The monoisotopic (exact) mass is 539 g/mol. The average molecular weight is 540 g/mol. The number of carbonyl (C=O) groups excluding carboxylic acids is 2. The van der Waals surface area contributed by atoms with Crippen molar-refractivity contribution in [2.45, 2.75) is 47.2 Å². The van der Waals surface area contributed by atoms with E-state index >= 15 is 0 Å². The number of halogens is 3. The molecule has 0 unspecified atom stereocenters. The molecule has 0 N–H and O–H groups in total. The zero-order valence-corrected chi connectivity index (χ0v) is 20.6. The standard InChI is InChI=1S/C24H20F3NO6S2/c1-4-23(34-36(31,32)24(25,26)27)20(30)28-18(22(2,3)35-21(23)28)19(29)33-17(15-11-7-5-8-12-15)16-13-9-6-10-14-16/h1,5-14,17-18,21H,2-3H3/t18-,21+,23+/m0/s1. The Bertz CT molecular complexity index is 1290. The fraction of sp³-hybridized carbons (Fsp3) is 0.333. The van der Waals surface area contributed by atoms with Crippen molar-refractivity contribution in [3.05, 3.63) is 71.8 Å². The van der Waals surface area contributed by atoms with Gasteiger partial charge in [0.05, 0.1) is 0 Å². The van der Waals surface area contributed by atoms with Crippen LogP contribution in [0.2, 0.25) is 0 Å². The predicted molar refractivity (Wildman–Crippen MR) is 125 cm³/mol. The summed E-state index contributed by atoms with van der Waals surface area (Å²) in [7, 11) is -6.19. The Hall–Kier alpha value is -3.01. The van der Waals surface area contributed by atoms with Crippen LogP contribution in [0.4, 0.5) is 13.2 Å². The number of hydrogen-bond donors (Lipinski definition) is 0. The maximum absolute atomic E-state index is 13.5. The summed E-state index contributed by atoms with van der Waals surface area (Å²) < 4.78 is 71.3. The number of hydrogen-bond acceptors (Lipinski definition) is 7. The van der Waals surface area contributed by atoms with Crippen LogP contribution in [0.15, 0.2) is 60.7 Å². The molecule has 0 spiro atoms. The highest BCUT2D eigenvalue weighted by atomic mass is 32.2. The lowest BCUT2D eigenvalue weighted by atomic mass is 9.88. The number of β-lactam (4-membered cyclic amide) rings is 1. The molecule has 2 saturated heterocycles. The molecule has 36 heavy (non-hydrogen) atoms. The highest BCUT2D eigenvalue weighted by molar-refractivity contribution is 8.01. The van der Waals surface area contributed by atoms with Crippen molar-refractivity contribution in [3.63, 3.8) is 0 Å². The van der Waals surface area contributed by atoms with E-state index in [9.17, 15) is 31.2 Å². The number of ether oxygens (including phenoxy) is 1. The van der Waals surface area contributed by atoms with Gasteiger partial charge in [-0.3, -0.25) is 4.79 Å². The molecule has 12 heteroatoms. The number of nitrogens with zero attached hydrogens (tertiary/aromatic N) is 1. The van der Waals surface area contributed by atoms with Crippen molar-refractivity contribution in [2.75, 3.05) is 0 Å². The summed E-state index contributed by atoms with van der Waals surface area (Å²) in [6, 6.07) is 16.4. The minimum atomic E-state index is -6.19. The van der Waals surface area contributed by atoms with E-state index in [0.29, 0.717) is 11.1 Å². The Morgan fingerprint density at radius 3 is 2.03 bits per heavy atom. The molecule has 4 rings (SSSR count). The molecule has 2 heterocycles. The highest BCUT2D eigenvalue weighted by Gasteiger charge is 2.75. The Kier molecular flexibility index (Phi) is 6.39. The number of rotatable bonds is 6. The minimum absolute atomic E-state index is 0.657. The lowest BCUT2D eigenvalue weighted by Gasteiger charge is -2.48. The molecule has 2 aliphatic rings. The number of thioether (sulfide) groups is 1. The van der Waals surface area contributed by atoms with E-state index in [1.54, 1.807) is 80.4 Å². The molecule has 0 radical (unpaired) electrons. The number of benzene rings is 2. The third-order valence-corrected chi connectivity index (χ3v) is 8.57. The first kappa shape index (κ1) is 26.1. The van der Waals surface area contributed by atoms with E-state index in [1.807, 2.05) is 0 Å². The molecule has 190 valence electrons. The molecule has 2 aromatic carbocycles. The van der Waals surface area contributed by atoms with Crippen LogP contribution in [0.5, 0.6) is 0 Å². The van der Waals surface area contributed by atoms with E-state index in [4.69, 9.17) is 11.2 Å². The van der Waals surface area contributed by atoms with Crippen molar-refractivity contribution >= 4 is 33.8 Å². The topological polar surface area (TPSA) is 90.0 Å². The molecule has 0 saturated carbocycles. The summed E-state index contributed by atoms with van der Waals surface area (Å²) in [5.41, 5.74) is -7.20. The zero-order valence-electron chi connectivity index (χ0n) is 18.9. The van der Waals surface area contributed by atoms with Gasteiger partial charge in [0.25, 0.3) is 11.5 Å². The number of terminal acetylenes is 1. The van der Waals surface area contributed by atoms with E-state index in [1.165, 1.54) is 0 Å². The molecule has 1 amide bonds. The lowest BCUT2D eigenvalue weighted by molar-refractivity contribution is -0.179. The van der Waals surface area contributed by atoms with Gasteiger partial charge in [-0.1, -0.05) is 66.6 Å². The Morgan fingerprint density at radius 2 is 1.58 bits per heavy atom. The summed E-state index contributed by atoms with van der Waals surface area (Å²) in [5, 5.41) is -1.36. The predicted octanol–water partition coefficient (Wildman–Crippen LogP) is 3.62. The van der Waals surface area contributed by atoms with Crippen LogP contribution in [-0.4, -0.2) is 52.5 Å². The Balaban J connectivity index is 1.65. The number of fused-ring (bicyclic) bond motifs is 1. The maximum atomic E-state index is 13.5. The second-order valence-electron chi connectivity index (χ2n) is 8.69. The first-order chi connectivity index (χ1) is 16.7. The van der Waals surface area contributed by atoms with Crippen LogP contribution in [0.3, 0.4) is 0 Å². The molecule has 7 nitrogen and oxygen atoms in total. The first-order valence-electron chi connectivity index (χ1n) is 10.6. The summed E-state index contributed by atoms with van der Waals surface area (Å²) in [5.74, 6) is -0.277. The van der Waals surface area contributed by atoms with Crippen LogP contribution in [-0.2, 0) is 28.6 Å². The van der Waals surface area contributed by atoms with Gasteiger partial charge in [-0.2, -0.15) is 21.6 Å². The van der Waals surface area contributed by atoms with Crippen LogP contribution < -0.4 is 0 Å². The van der Waals surface area contributed by atoms with Gasteiger partial charge >= 0.3 is 21.6 Å². The molecular weight excluding hydrogens is 519 g/mol. The first-order valence-corrected chi connectivity index (χ1v) is 12.8. The molecule has 0 aromatic heterocycles. The SMILES string of the molecule is C#C[C@@]1(OS(=O)(=O)C(F)(F)F)C(=O)N2[C@@H](C(=O)OC(c3ccccc3)c3ccccc3)C(C)(C)S[C@@H]21. The zero-order chi connectivity index (χ0) is 26.5. The quantitative estimate of drug-likeness (QED) is 0.182. The van der Waals surface area contributed by atoms with Crippen LogP contribution in [0.1, 0.15) is 31.1 Å². The molecule has 2 fully saturated rings. The second kappa shape index (κ2) is 8.83. The molecule has 0 bridgehead atoms. The summed E-state index contributed by atoms with van der Waals surface area (Å²) in [6.45, 7) is 3.16. The lowest BCUT2D eigenvalue weighted by Crippen LogP contribution is -2.74. The van der Waals surface area contributed by atoms with E-state index in [0.717, 1.165) is 16.7 Å². The fourth-order valence-corrected chi connectivity index (χ4v) is 6.57. The molecule has 3 atom stereocenters. The summed E-state index contributed by atoms with van der Waals surface area (Å²) in [6.07, 6.45) is 4.49. The van der Waals surface area contributed by atoms with Gasteiger partial charge in [-0.25, -0.2) is 8.98 Å².